The van der Waals surface area contributed by atoms with E-state index in [0.717, 1.165) is 13.1 Å². The Labute approximate surface area is 139 Å². The number of nitrogens with zero attached hydrogens (tertiary/aromatic N) is 2. The molecule has 2 heterocycles. The van der Waals surface area contributed by atoms with E-state index < -0.39 is 0 Å². The molecule has 4 rings (SSSR count). The van der Waals surface area contributed by atoms with Crippen LogP contribution in [0, 0.1) is 0 Å². The Bertz CT molecular complexity index is 625. The summed E-state index contributed by atoms with van der Waals surface area (Å²) in [5.41, 5.74) is 2.90. The fourth-order valence-electron chi connectivity index (χ4n) is 4.45. The average molecular weight is 306 g/mol. The van der Waals surface area contributed by atoms with Crippen molar-refractivity contribution in [3.63, 3.8) is 0 Å². The Morgan fingerprint density at radius 2 is 1.61 bits per heavy atom. The standard InChI is InChI=1S/C21H26N2/c1-17-9-8-14-21-22(15-18-10-4-2-5-11-18)16-20(23(17)21)19-12-6-3-7-13-19/h2-7,10-13,17,20-21H,8-9,14-16H2,1H3/t17-,20-,21-/m1/s1. The minimum Gasteiger partial charge on any atom is -0.282 e. The SMILES string of the molecule is C[C@@H]1CCC[C@@H]2N(Cc3ccccc3)C[C@H](c3ccccc3)N12. The maximum atomic E-state index is 2.78. The van der Waals surface area contributed by atoms with E-state index in [1.54, 1.807) is 0 Å². The molecule has 0 aliphatic carbocycles. The molecule has 2 saturated heterocycles. The van der Waals surface area contributed by atoms with Gasteiger partial charge in [0, 0.05) is 25.2 Å². The second kappa shape index (κ2) is 6.46. The normalized spacial score (nSPS) is 28.7. The molecule has 2 aromatic rings. The van der Waals surface area contributed by atoms with Gasteiger partial charge in [-0.15, -0.1) is 0 Å². The van der Waals surface area contributed by atoms with Gasteiger partial charge in [-0.25, -0.2) is 0 Å². The molecule has 0 amide bonds. The highest BCUT2D eigenvalue weighted by atomic mass is 15.4. The third-order valence-corrected chi connectivity index (χ3v) is 5.54. The first-order valence-corrected chi connectivity index (χ1v) is 8.93. The van der Waals surface area contributed by atoms with Gasteiger partial charge in [0.15, 0.2) is 0 Å². The number of fused-ring (bicyclic) bond motifs is 1. The Morgan fingerprint density at radius 3 is 2.35 bits per heavy atom. The van der Waals surface area contributed by atoms with Gasteiger partial charge in [-0.05, 0) is 37.3 Å². The second-order valence-corrected chi connectivity index (χ2v) is 7.05. The van der Waals surface area contributed by atoms with Crippen LogP contribution in [0.3, 0.4) is 0 Å². The lowest BCUT2D eigenvalue weighted by Gasteiger charge is -2.40. The minimum atomic E-state index is 0.542. The third-order valence-electron chi connectivity index (χ3n) is 5.54. The quantitative estimate of drug-likeness (QED) is 0.827. The van der Waals surface area contributed by atoms with Crippen LogP contribution in [0.1, 0.15) is 43.4 Å². The van der Waals surface area contributed by atoms with E-state index in [9.17, 15) is 0 Å². The molecule has 2 aliphatic rings. The van der Waals surface area contributed by atoms with Crippen LogP contribution in [0.15, 0.2) is 60.7 Å². The van der Waals surface area contributed by atoms with Crippen molar-refractivity contribution < 1.29 is 0 Å². The maximum Gasteiger partial charge on any atom is 0.0634 e. The van der Waals surface area contributed by atoms with Crippen molar-refractivity contribution >= 4 is 0 Å². The van der Waals surface area contributed by atoms with Gasteiger partial charge in [-0.3, -0.25) is 9.80 Å². The van der Waals surface area contributed by atoms with Crippen LogP contribution in [0.25, 0.3) is 0 Å². The Kier molecular flexibility index (Phi) is 4.19. The molecule has 23 heavy (non-hydrogen) atoms. The van der Waals surface area contributed by atoms with E-state index in [2.05, 4.69) is 77.4 Å². The third kappa shape index (κ3) is 2.93. The Balaban J connectivity index is 1.61. The van der Waals surface area contributed by atoms with Gasteiger partial charge < -0.3 is 0 Å². The van der Waals surface area contributed by atoms with E-state index in [-0.39, 0.29) is 0 Å². The highest BCUT2D eigenvalue weighted by Gasteiger charge is 2.43. The summed E-state index contributed by atoms with van der Waals surface area (Å²) in [5, 5.41) is 0. The molecular formula is C21H26N2. The largest absolute Gasteiger partial charge is 0.282 e. The van der Waals surface area contributed by atoms with Gasteiger partial charge in [0.25, 0.3) is 0 Å². The molecule has 0 saturated carbocycles. The number of piperidine rings is 1. The van der Waals surface area contributed by atoms with Gasteiger partial charge in [-0.1, -0.05) is 60.7 Å². The molecular weight excluding hydrogens is 280 g/mol. The van der Waals surface area contributed by atoms with E-state index in [1.807, 2.05) is 0 Å². The zero-order valence-corrected chi connectivity index (χ0v) is 13.9. The van der Waals surface area contributed by atoms with Crippen molar-refractivity contribution in [3.05, 3.63) is 71.8 Å². The van der Waals surface area contributed by atoms with Crippen LogP contribution in [-0.2, 0) is 6.54 Å². The van der Waals surface area contributed by atoms with Crippen molar-refractivity contribution in [2.75, 3.05) is 6.54 Å². The molecule has 0 aromatic heterocycles. The van der Waals surface area contributed by atoms with E-state index >= 15 is 0 Å². The number of hydrogen-bond donors (Lipinski definition) is 0. The first kappa shape index (κ1) is 14.9. The molecule has 0 N–H and O–H groups in total. The molecule has 2 fully saturated rings. The molecule has 2 nitrogen and oxygen atoms in total. The number of hydrogen-bond acceptors (Lipinski definition) is 2. The van der Waals surface area contributed by atoms with E-state index in [4.69, 9.17) is 0 Å². The summed E-state index contributed by atoms with van der Waals surface area (Å²) in [5.74, 6) is 0. The molecule has 0 bridgehead atoms. The van der Waals surface area contributed by atoms with Crippen molar-refractivity contribution in [2.45, 2.75) is 51.0 Å². The van der Waals surface area contributed by atoms with Gasteiger partial charge in [0.2, 0.25) is 0 Å². The predicted molar refractivity (Wildman–Crippen MR) is 95.0 cm³/mol. The summed E-state index contributed by atoms with van der Waals surface area (Å²) in [6.45, 7) is 4.63. The Morgan fingerprint density at radius 1 is 0.913 bits per heavy atom. The summed E-state index contributed by atoms with van der Waals surface area (Å²) >= 11 is 0. The molecule has 3 atom stereocenters. The lowest BCUT2D eigenvalue weighted by Crippen LogP contribution is -2.46. The zero-order chi connectivity index (χ0) is 15.6. The van der Waals surface area contributed by atoms with Crippen LogP contribution < -0.4 is 0 Å². The van der Waals surface area contributed by atoms with Gasteiger partial charge in [0.05, 0.1) is 6.17 Å². The van der Waals surface area contributed by atoms with Gasteiger partial charge >= 0.3 is 0 Å². The molecule has 2 aliphatic heterocycles. The van der Waals surface area contributed by atoms with Crippen LogP contribution in [0.4, 0.5) is 0 Å². The number of benzene rings is 2. The van der Waals surface area contributed by atoms with Crippen LogP contribution in [0.2, 0.25) is 0 Å². The van der Waals surface area contributed by atoms with Crippen molar-refractivity contribution in [1.29, 1.82) is 0 Å². The van der Waals surface area contributed by atoms with Crippen molar-refractivity contribution in [2.24, 2.45) is 0 Å². The van der Waals surface area contributed by atoms with Crippen molar-refractivity contribution in [1.82, 2.24) is 9.80 Å². The van der Waals surface area contributed by atoms with Crippen molar-refractivity contribution in [3.8, 4) is 0 Å². The fraction of sp³-hybridized carbons (Fsp3) is 0.429. The fourth-order valence-corrected chi connectivity index (χ4v) is 4.45. The first-order valence-electron chi connectivity index (χ1n) is 8.93. The topological polar surface area (TPSA) is 6.48 Å². The summed E-state index contributed by atoms with van der Waals surface area (Å²) < 4.78 is 0. The molecule has 2 aromatic carbocycles. The lowest BCUT2D eigenvalue weighted by atomic mass is 9.98. The highest BCUT2D eigenvalue weighted by Crippen LogP contribution is 2.40. The molecule has 0 unspecified atom stereocenters. The molecule has 2 heteroatoms. The highest BCUT2D eigenvalue weighted by molar-refractivity contribution is 5.22. The minimum absolute atomic E-state index is 0.542. The smallest absolute Gasteiger partial charge is 0.0634 e. The first-order chi connectivity index (χ1) is 11.3. The summed E-state index contributed by atoms with van der Waals surface area (Å²) in [4.78, 5) is 5.48. The maximum absolute atomic E-state index is 2.78. The van der Waals surface area contributed by atoms with Crippen LogP contribution in [-0.4, -0.2) is 28.6 Å². The monoisotopic (exact) mass is 306 g/mol. The predicted octanol–water partition coefficient (Wildman–Crippen LogP) is 4.44. The molecule has 0 spiro atoms. The van der Waals surface area contributed by atoms with Gasteiger partial charge in [-0.2, -0.15) is 0 Å². The van der Waals surface area contributed by atoms with E-state index in [0.29, 0.717) is 18.2 Å². The molecule has 0 radical (unpaired) electrons. The molecule has 120 valence electrons. The van der Waals surface area contributed by atoms with Crippen LogP contribution >= 0.6 is 0 Å². The summed E-state index contributed by atoms with van der Waals surface area (Å²) in [6, 6.07) is 23.2. The number of rotatable bonds is 3. The van der Waals surface area contributed by atoms with E-state index in [1.165, 1.54) is 30.4 Å². The second-order valence-electron chi connectivity index (χ2n) is 7.05. The lowest BCUT2D eigenvalue weighted by molar-refractivity contribution is 0.0390. The average Bonchev–Trinajstić information content (AvgIpc) is 2.97. The van der Waals surface area contributed by atoms with Crippen LogP contribution in [0.5, 0.6) is 0 Å². The Hall–Kier alpha value is -1.64. The summed E-state index contributed by atoms with van der Waals surface area (Å²) in [6.07, 6.45) is 4.60. The zero-order valence-electron chi connectivity index (χ0n) is 13.9. The van der Waals surface area contributed by atoms with Gasteiger partial charge in [0.1, 0.15) is 0 Å². The summed E-state index contributed by atoms with van der Waals surface area (Å²) in [7, 11) is 0.